The van der Waals surface area contributed by atoms with Crippen molar-refractivity contribution in [1.82, 2.24) is 10.0 Å². The summed E-state index contributed by atoms with van der Waals surface area (Å²) in [5.41, 5.74) is -0.165. The molecule has 1 aliphatic rings. The number of carbonyl (C=O) groups is 2. The van der Waals surface area contributed by atoms with Gasteiger partial charge in [-0.05, 0) is 12.1 Å². The number of carboxylic acids is 1. The first-order valence-corrected chi connectivity index (χ1v) is 7.28. The van der Waals surface area contributed by atoms with Crippen LogP contribution in [0.3, 0.4) is 0 Å². The van der Waals surface area contributed by atoms with Gasteiger partial charge in [-0.2, -0.15) is 0 Å². The number of sulfonamides is 1. The van der Waals surface area contributed by atoms with Gasteiger partial charge >= 0.3 is 5.97 Å². The van der Waals surface area contributed by atoms with Gasteiger partial charge in [-0.3, -0.25) is 4.79 Å². The smallest absolute Gasteiger partial charge is 0.337 e. The number of carbonyl (C=O) groups excluding carboxylic acids is 1. The Morgan fingerprint density at radius 2 is 2.00 bits per heavy atom. The van der Waals surface area contributed by atoms with Crippen molar-refractivity contribution in [2.24, 2.45) is 0 Å². The normalized spacial score (nSPS) is 14.1. The zero-order valence-corrected chi connectivity index (χ0v) is 11.4. The molecule has 1 aliphatic heterocycles. The van der Waals surface area contributed by atoms with E-state index in [-0.39, 0.29) is 34.7 Å². The molecule has 1 heterocycles. The van der Waals surface area contributed by atoms with E-state index in [1.54, 1.807) is 0 Å². The van der Waals surface area contributed by atoms with Crippen molar-refractivity contribution in [3.63, 3.8) is 0 Å². The monoisotopic (exact) mass is 311 g/mol. The minimum atomic E-state index is -3.89. The molecule has 9 heteroatoms. The average molecular weight is 311 g/mol. The van der Waals surface area contributed by atoms with Crippen molar-refractivity contribution in [2.75, 3.05) is 13.2 Å². The number of amides is 1. The summed E-state index contributed by atoms with van der Waals surface area (Å²) in [6.45, 7) is -0.539. The number of hydrogen-bond donors (Lipinski definition) is 3. The minimum Gasteiger partial charge on any atom is -0.478 e. The van der Waals surface area contributed by atoms with E-state index in [4.69, 9.17) is 10.2 Å². The largest absolute Gasteiger partial charge is 0.478 e. The zero-order valence-electron chi connectivity index (χ0n) is 10.6. The average Bonchev–Trinajstić information content (AvgIpc) is 2.45. The maximum absolute atomic E-state index is 11.9. The third-order valence-corrected chi connectivity index (χ3v) is 4.23. The Kier molecular flexibility index (Phi) is 4.07. The molecule has 1 amide bonds. The predicted octanol–water partition coefficient (Wildman–Crippen LogP) is -0.859. The van der Waals surface area contributed by atoms with Crippen molar-refractivity contribution < 1.29 is 28.2 Å². The van der Waals surface area contributed by atoms with E-state index < -0.39 is 21.9 Å². The molecule has 21 heavy (non-hydrogen) atoms. The van der Waals surface area contributed by atoms with E-state index in [0.29, 0.717) is 0 Å². The first-order chi connectivity index (χ1) is 9.86. The highest BCUT2D eigenvalue weighted by Crippen LogP contribution is 2.26. The molecule has 0 unspecified atom stereocenters. The fourth-order valence-corrected chi connectivity index (χ4v) is 2.85. The summed E-state index contributed by atoms with van der Waals surface area (Å²) in [6.07, 6.45) is 0.936. The second kappa shape index (κ2) is 5.64. The summed E-state index contributed by atoms with van der Waals surface area (Å²) >= 11 is 0. The minimum absolute atomic E-state index is 0.0956. The van der Waals surface area contributed by atoms with Crippen LogP contribution in [-0.4, -0.2) is 43.7 Å². The van der Waals surface area contributed by atoms with Gasteiger partial charge in [-0.15, -0.1) is 0 Å². The number of aliphatic hydroxyl groups is 1. The molecule has 2 rings (SSSR count). The van der Waals surface area contributed by atoms with Gasteiger partial charge in [0.15, 0.2) is 0 Å². The maximum Gasteiger partial charge on any atom is 0.337 e. The Bertz CT molecular complexity index is 738. The van der Waals surface area contributed by atoms with E-state index in [1.807, 2.05) is 0 Å². The quantitative estimate of drug-likeness (QED) is 0.647. The number of nitrogens with zero attached hydrogens (tertiary/aromatic N) is 1. The standard InChI is InChI=1S/C12H11N2O6S/c15-4-3-14-21(19,20)7-1-2-8-9(5-7)11(16)13-6-10(8)12(17)18/h1-2,5-6,14-15H,3-4H2,(H,17,18). The molecule has 8 nitrogen and oxygen atoms in total. The summed E-state index contributed by atoms with van der Waals surface area (Å²) in [4.78, 5) is 22.5. The molecule has 1 aromatic carbocycles. The van der Waals surface area contributed by atoms with Crippen LogP contribution in [0.15, 0.2) is 29.3 Å². The van der Waals surface area contributed by atoms with Crippen LogP contribution in [0.1, 0.15) is 15.9 Å². The van der Waals surface area contributed by atoms with E-state index in [1.165, 1.54) is 12.1 Å². The van der Waals surface area contributed by atoms with Gasteiger partial charge in [0.25, 0.3) is 5.91 Å². The number of carboxylic acid groups (broad SMARTS) is 1. The number of nitrogens with one attached hydrogen (secondary N) is 1. The Balaban J connectivity index is 2.49. The Morgan fingerprint density at radius 1 is 1.29 bits per heavy atom. The summed E-state index contributed by atoms with van der Waals surface area (Å²) in [7, 11) is -3.89. The molecule has 3 N–H and O–H groups in total. The van der Waals surface area contributed by atoms with Crippen LogP contribution in [0.5, 0.6) is 0 Å². The SMILES string of the molecule is O=C(O)C1=C[N]C(=O)c2cc(S(=O)(=O)NCCO)ccc21. The lowest BCUT2D eigenvalue weighted by molar-refractivity contribution is -0.130. The topological polar surface area (TPSA) is 135 Å². The summed E-state index contributed by atoms with van der Waals surface area (Å²) in [6, 6.07) is 3.50. The zero-order chi connectivity index (χ0) is 15.6. The van der Waals surface area contributed by atoms with Crippen molar-refractivity contribution >= 4 is 27.5 Å². The molecule has 0 atom stereocenters. The molecule has 0 bridgehead atoms. The van der Waals surface area contributed by atoms with Crippen LogP contribution < -0.4 is 10.0 Å². The highest BCUT2D eigenvalue weighted by molar-refractivity contribution is 7.89. The van der Waals surface area contributed by atoms with Gasteiger partial charge in [-0.1, -0.05) is 6.07 Å². The van der Waals surface area contributed by atoms with Gasteiger partial charge in [0, 0.05) is 18.3 Å². The van der Waals surface area contributed by atoms with E-state index in [9.17, 15) is 18.0 Å². The molecular formula is C12H11N2O6S. The van der Waals surface area contributed by atoms with Gasteiger partial charge in [-0.25, -0.2) is 23.3 Å². The van der Waals surface area contributed by atoms with Crippen molar-refractivity contribution in [3.8, 4) is 0 Å². The van der Waals surface area contributed by atoms with Crippen molar-refractivity contribution in [1.29, 1.82) is 0 Å². The molecule has 0 spiro atoms. The number of aliphatic hydroxyl groups excluding tert-OH is 1. The van der Waals surface area contributed by atoms with E-state index in [0.717, 1.165) is 12.3 Å². The highest BCUT2D eigenvalue weighted by atomic mass is 32.2. The molecule has 1 aromatic rings. The lowest BCUT2D eigenvalue weighted by Gasteiger charge is -2.15. The second-order valence-corrected chi connectivity index (χ2v) is 5.88. The summed E-state index contributed by atoms with van der Waals surface area (Å²) in [5.74, 6) is -1.98. The Hall–Kier alpha value is -2.23. The Labute approximate surface area is 120 Å². The molecular weight excluding hydrogens is 300 g/mol. The van der Waals surface area contributed by atoms with Gasteiger partial charge < -0.3 is 10.2 Å². The van der Waals surface area contributed by atoms with Crippen LogP contribution >= 0.6 is 0 Å². The molecule has 1 radical (unpaired) electrons. The van der Waals surface area contributed by atoms with Crippen LogP contribution in [0.2, 0.25) is 0 Å². The fraction of sp³-hybridized carbons (Fsp3) is 0.167. The second-order valence-electron chi connectivity index (χ2n) is 4.11. The van der Waals surface area contributed by atoms with Gasteiger partial charge in [0.1, 0.15) is 0 Å². The lowest BCUT2D eigenvalue weighted by Crippen LogP contribution is -2.27. The van der Waals surface area contributed by atoms with Crippen LogP contribution in [0.4, 0.5) is 0 Å². The number of aliphatic carboxylic acids is 1. The molecule has 111 valence electrons. The summed E-state index contributed by atoms with van der Waals surface area (Å²) < 4.78 is 25.9. The first-order valence-electron chi connectivity index (χ1n) is 5.80. The molecule has 0 saturated heterocycles. The van der Waals surface area contributed by atoms with E-state index in [2.05, 4.69) is 10.0 Å². The van der Waals surface area contributed by atoms with Crippen LogP contribution in [0.25, 0.3) is 5.57 Å². The highest BCUT2D eigenvalue weighted by Gasteiger charge is 2.26. The van der Waals surface area contributed by atoms with Crippen LogP contribution in [-0.2, 0) is 14.8 Å². The summed E-state index contributed by atoms with van der Waals surface area (Å²) in [5, 5.41) is 21.1. The number of fused-ring (bicyclic) bond motifs is 1. The van der Waals surface area contributed by atoms with E-state index >= 15 is 0 Å². The van der Waals surface area contributed by atoms with Crippen LogP contribution in [0, 0.1) is 0 Å². The molecule has 0 aromatic heterocycles. The maximum atomic E-state index is 11.9. The number of hydrogen-bond acceptors (Lipinski definition) is 5. The van der Waals surface area contributed by atoms with Gasteiger partial charge in [0.05, 0.1) is 22.6 Å². The first kappa shape index (κ1) is 15.2. The third-order valence-electron chi connectivity index (χ3n) is 2.77. The molecule has 0 aliphatic carbocycles. The van der Waals surface area contributed by atoms with Crippen molar-refractivity contribution in [3.05, 3.63) is 35.5 Å². The van der Waals surface area contributed by atoms with Crippen molar-refractivity contribution in [2.45, 2.75) is 4.90 Å². The Morgan fingerprint density at radius 3 is 2.62 bits per heavy atom. The lowest BCUT2D eigenvalue weighted by atomic mass is 9.97. The number of benzene rings is 1. The third kappa shape index (κ3) is 2.94. The van der Waals surface area contributed by atoms with Gasteiger partial charge in [0.2, 0.25) is 10.0 Å². The molecule has 0 saturated carbocycles. The predicted molar refractivity (Wildman–Crippen MR) is 70.8 cm³/mol. The molecule has 0 fully saturated rings. The number of rotatable bonds is 5. The fourth-order valence-electron chi connectivity index (χ4n) is 1.80.